The highest BCUT2D eigenvalue weighted by Crippen LogP contribution is 2.04. The first kappa shape index (κ1) is 17.2. The van der Waals surface area contributed by atoms with Gasteiger partial charge in [-0.25, -0.2) is 14.5 Å². The Bertz CT molecular complexity index is 768. The molecule has 23 heavy (non-hydrogen) atoms. The van der Waals surface area contributed by atoms with Crippen LogP contribution in [0.2, 0.25) is 0 Å². The Morgan fingerprint density at radius 2 is 1.96 bits per heavy atom. The molecule has 3 N–H and O–H groups in total. The molecular weight excluding hydrogens is 403 g/mol. The summed E-state index contributed by atoms with van der Waals surface area (Å²) < 4.78 is 1.76. The molecular formula is C16H19IN6. The van der Waals surface area contributed by atoms with E-state index in [9.17, 15) is 0 Å². The van der Waals surface area contributed by atoms with Gasteiger partial charge in [0.25, 0.3) is 0 Å². The van der Waals surface area contributed by atoms with Crippen LogP contribution in [-0.4, -0.2) is 27.1 Å². The molecule has 0 aliphatic carbocycles. The van der Waals surface area contributed by atoms with E-state index in [1.807, 2.05) is 30.3 Å². The fourth-order valence-electron chi connectivity index (χ4n) is 2.21. The van der Waals surface area contributed by atoms with Crippen molar-refractivity contribution in [1.29, 1.82) is 0 Å². The van der Waals surface area contributed by atoms with Crippen LogP contribution in [0.3, 0.4) is 0 Å². The van der Waals surface area contributed by atoms with Crippen molar-refractivity contribution >= 4 is 35.6 Å². The molecule has 0 atom stereocenters. The van der Waals surface area contributed by atoms with Gasteiger partial charge in [0.05, 0.1) is 18.4 Å². The average Bonchev–Trinajstić information content (AvgIpc) is 3.03. The number of nitrogens with zero attached hydrogens (tertiary/aromatic N) is 4. The van der Waals surface area contributed by atoms with Gasteiger partial charge in [-0.15, -0.1) is 24.0 Å². The first-order valence-electron chi connectivity index (χ1n) is 7.18. The van der Waals surface area contributed by atoms with Crippen LogP contribution in [0.5, 0.6) is 0 Å². The smallest absolute Gasteiger partial charge is 0.188 e. The molecule has 2 aromatic heterocycles. The third-order valence-corrected chi connectivity index (χ3v) is 3.34. The number of nitrogens with two attached hydrogens (primary N) is 1. The third-order valence-electron chi connectivity index (χ3n) is 3.34. The van der Waals surface area contributed by atoms with Crippen molar-refractivity contribution in [2.75, 3.05) is 6.54 Å². The van der Waals surface area contributed by atoms with Crippen LogP contribution in [-0.2, 0) is 13.0 Å². The van der Waals surface area contributed by atoms with Gasteiger partial charge >= 0.3 is 0 Å². The van der Waals surface area contributed by atoms with Gasteiger partial charge in [-0.1, -0.05) is 30.3 Å². The quantitative estimate of drug-likeness (QED) is 0.375. The Morgan fingerprint density at radius 1 is 1.13 bits per heavy atom. The topological polar surface area (TPSA) is 80.6 Å². The highest BCUT2D eigenvalue weighted by molar-refractivity contribution is 14.0. The van der Waals surface area contributed by atoms with Crippen molar-refractivity contribution in [2.45, 2.75) is 13.0 Å². The number of rotatable bonds is 5. The fraction of sp³-hybridized carbons (Fsp3) is 0.188. The SMILES string of the molecule is I.NC(=NCc1ccnc2ccnn12)NCCc1ccccc1. The van der Waals surface area contributed by atoms with Crippen LogP contribution >= 0.6 is 24.0 Å². The fourth-order valence-corrected chi connectivity index (χ4v) is 2.21. The molecule has 2 heterocycles. The molecule has 0 fully saturated rings. The maximum Gasteiger partial charge on any atom is 0.188 e. The Hall–Kier alpha value is -2.16. The number of guanidine groups is 1. The largest absolute Gasteiger partial charge is 0.370 e. The molecule has 1 aromatic carbocycles. The van der Waals surface area contributed by atoms with E-state index < -0.39 is 0 Å². The van der Waals surface area contributed by atoms with Gasteiger partial charge in [0, 0.05) is 18.8 Å². The van der Waals surface area contributed by atoms with Gasteiger partial charge in [0.15, 0.2) is 11.6 Å². The van der Waals surface area contributed by atoms with Crippen molar-refractivity contribution in [2.24, 2.45) is 10.7 Å². The Kier molecular flexibility index (Phi) is 6.33. The highest BCUT2D eigenvalue weighted by atomic mass is 127. The average molecular weight is 422 g/mol. The molecule has 6 nitrogen and oxygen atoms in total. The normalized spacial score (nSPS) is 11.2. The summed E-state index contributed by atoms with van der Waals surface area (Å²) in [7, 11) is 0. The van der Waals surface area contributed by atoms with Gasteiger partial charge in [0.2, 0.25) is 0 Å². The number of fused-ring (bicyclic) bond motifs is 1. The summed E-state index contributed by atoms with van der Waals surface area (Å²) in [6.45, 7) is 1.22. The Labute approximate surface area is 151 Å². The Balaban J connectivity index is 0.00000192. The molecule has 0 saturated heterocycles. The molecule has 7 heteroatoms. The molecule has 0 aliphatic rings. The van der Waals surface area contributed by atoms with Crippen LogP contribution in [0.15, 0.2) is 59.9 Å². The van der Waals surface area contributed by atoms with Crippen LogP contribution < -0.4 is 11.1 Å². The summed E-state index contributed by atoms with van der Waals surface area (Å²) in [6.07, 6.45) is 4.38. The maximum atomic E-state index is 5.90. The highest BCUT2D eigenvalue weighted by Gasteiger charge is 2.01. The number of aromatic nitrogens is 3. The maximum absolute atomic E-state index is 5.90. The summed E-state index contributed by atoms with van der Waals surface area (Å²) in [6, 6.07) is 14.0. The lowest BCUT2D eigenvalue weighted by Crippen LogP contribution is -2.33. The minimum absolute atomic E-state index is 0. The monoisotopic (exact) mass is 422 g/mol. The van der Waals surface area contributed by atoms with Crippen molar-refractivity contribution in [3.8, 4) is 0 Å². The zero-order chi connectivity index (χ0) is 15.2. The van der Waals surface area contributed by atoms with E-state index in [1.165, 1.54) is 5.56 Å². The van der Waals surface area contributed by atoms with Crippen LogP contribution in [0.4, 0.5) is 0 Å². The van der Waals surface area contributed by atoms with E-state index in [4.69, 9.17) is 5.73 Å². The van der Waals surface area contributed by atoms with Crippen molar-refractivity contribution in [1.82, 2.24) is 19.9 Å². The van der Waals surface area contributed by atoms with Crippen molar-refractivity contribution < 1.29 is 0 Å². The van der Waals surface area contributed by atoms with Gasteiger partial charge in [0.1, 0.15) is 0 Å². The lowest BCUT2D eigenvalue weighted by Gasteiger charge is -2.06. The molecule has 0 amide bonds. The van der Waals surface area contributed by atoms with E-state index >= 15 is 0 Å². The molecule has 0 saturated carbocycles. The van der Waals surface area contributed by atoms with Crippen LogP contribution in [0, 0.1) is 0 Å². The molecule has 0 aliphatic heterocycles. The zero-order valence-electron chi connectivity index (χ0n) is 12.6. The van der Waals surface area contributed by atoms with E-state index in [0.29, 0.717) is 12.5 Å². The Morgan fingerprint density at radius 3 is 2.78 bits per heavy atom. The summed E-state index contributed by atoms with van der Waals surface area (Å²) in [5.41, 5.74) is 8.93. The second kappa shape index (κ2) is 8.47. The number of hydrogen-bond donors (Lipinski definition) is 2. The minimum Gasteiger partial charge on any atom is -0.370 e. The molecule has 3 aromatic rings. The van der Waals surface area contributed by atoms with E-state index in [1.54, 1.807) is 16.9 Å². The molecule has 0 spiro atoms. The lowest BCUT2D eigenvalue weighted by atomic mass is 10.1. The zero-order valence-corrected chi connectivity index (χ0v) is 14.9. The van der Waals surface area contributed by atoms with Crippen molar-refractivity contribution in [3.05, 3.63) is 66.1 Å². The summed E-state index contributed by atoms with van der Waals surface area (Å²) in [5.74, 6) is 0.438. The van der Waals surface area contributed by atoms with E-state index in [-0.39, 0.29) is 24.0 Å². The van der Waals surface area contributed by atoms with Gasteiger partial charge < -0.3 is 11.1 Å². The van der Waals surface area contributed by atoms with Crippen molar-refractivity contribution in [3.63, 3.8) is 0 Å². The summed E-state index contributed by atoms with van der Waals surface area (Å²) >= 11 is 0. The molecule has 0 radical (unpaired) electrons. The van der Waals surface area contributed by atoms with Gasteiger partial charge in [-0.2, -0.15) is 5.10 Å². The second-order valence-corrected chi connectivity index (χ2v) is 4.90. The summed E-state index contributed by atoms with van der Waals surface area (Å²) in [5, 5.41) is 7.35. The number of aliphatic imine (C=N–C) groups is 1. The molecule has 0 bridgehead atoms. The van der Waals surface area contributed by atoms with Gasteiger partial charge in [-0.3, -0.25) is 0 Å². The number of benzene rings is 1. The first-order valence-corrected chi connectivity index (χ1v) is 7.18. The number of halogens is 1. The minimum atomic E-state index is 0. The summed E-state index contributed by atoms with van der Waals surface area (Å²) in [4.78, 5) is 8.57. The molecule has 120 valence electrons. The first-order chi connectivity index (χ1) is 10.8. The lowest BCUT2D eigenvalue weighted by molar-refractivity contribution is 0.814. The van der Waals surface area contributed by atoms with E-state index in [0.717, 1.165) is 24.3 Å². The number of hydrogen-bond acceptors (Lipinski definition) is 3. The van der Waals surface area contributed by atoms with Gasteiger partial charge in [-0.05, 0) is 18.1 Å². The predicted molar refractivity (Wildman–Crippen MR) is 102 cm³/mol. The standard InChI is InChI=1S/C16H18N6.HI/c17-16(19-9-6-13-4-2-1-3-5-13)20-12-14-7-10-18-15-8-11-21-22(14)15;/h1-5,7-8,10-11H,6,9,12H2,(H3,17,19,20);1H. The predicted octanol–water partition coefficient (Wildman–Crippen LogP) is 1.99. The van der Waals surface area contributed by atoms with Crippen LogP contribution in [0.25, 0.3) is 5.65 Å². The molecule has 0 unspecified atom stereocenters. The second-order valence-electron chi connectivity index (χ2n) is 4.90. The van der Waals surface area contributed by atoms with Crippen LogP contribution in [0.1, 0.15) is 11.3 Å². The third kappa shape index (κ3) is 4.65. The number of nitrogens with one attached hydrogen (secondary N) is 1. The van der Waals surface area contributed by atoms with E-state index in [2.05, 4.69) is 32.5 Å². The molecule has 3 rings (SSSR count).